The van der Waals surface area contributed by atoms with Gasteiger partial charge in [0.1, 0.15) is 0 Å². The smallest absolute Gasteiger partial charge is 0.0628 e. The summed E-state index contributed by atoms with van der Waals surface area (Å²) in [4.78, 5) is 0. The molecule has 2 atom stereocenters. The van der Waals surface area contributed by atoms with E-state index >= 15 is 0 Å². The van der Waals surface area contributed by atoms with Gasteiger partial charge in [0.05, 0.1) is 5.60 Å². The van der Waals surface area contributed by atoms with Crippen LogP contribution in [0.2, 0.25) is 0 Å². The molecule has 0 bridgehead atoms. The topological polar surface area (TPSA) is 21.3 Å². The lowest BCUT2D eigenvalue weighted by molar-refractivity contribution is -0.0197. The highest BCUT2D eigenvalue weighted by Gasteiger charge is 2.41. The van der Waals surface area contributed by atoms with Gasteiger partial charge < -0.3 is 10.1 Å². The predicted molar refractivity (Wildman–Crippen MR) is 60.5 cm³/mol. The van der Waals surface area contributed by atoms with E-state index in [-0.39, 0.29) is 5.60 Å². The Balaban J connectivity index is 2.65. The molecule has 0 amide bonds. The lowest BCUT2D eigenvalue weighted by Gasteiger charge is -2.37. The third-order valence-electron chi connectivity index (χ3n) is 3.72. The Morgan fingerprint density at radius 2 is 2.14 bits per heavy atom. The largest absolute Gasteiger partial charge is 0.379 e. The van der Waals surface area contributed by atoms with E-state index in [2.05, 4.69) is 33.0 Å². The summed E-state index contributed by atoms with van der Waals surface area (Å²) in [6.07, 6.45) is 3.64. The van der Waals surface area contributed by atoms with Crippen LogP contribution < -0.4 is 5.32 Å². The Kier molecular flexibility index (Phi) is 3.59. The molecule has 1 fully saturated rings. The number of hydrogen-bond acceptors (Lipinski definition) is 2. The molecule has 2 unspecified atom stereocenters. The molecule has 14 heavy (non-hydrogen) atoms. The van der Waals surface area contributed by atoms with E-state index in [9.17, 15) is 0 Å². The van der Waals surface area contributed by atoms with Crippen LogP contribution in [0.15, 0.2) is 0 Å². The van der Waals surface area contributed by atoms with E-state index in [4.69, 9.17) is 4.74 Å². The van der Waals surface area contributed by atoms with Crippen LogP contribution in [0.3, 0.4) is 0 Å². The minimum Gasteiger partial charge on any atom is -0.379 e. The SMILES string of the molecule is CCC1NCCC1(C)CC(C)(C)OC. The molecule has 0 aromatic carbocycles. The fourth-order valence-corrected chi connectivity index (χ4v) is 2.85. The van der Waals surface area contributed by atoms with E-state index in [1.54, 1.807) is 0 Å². The molecule has 1 aliphatic rings. The van der Waals surface area contributed by atoms with E-state index in [1.807, 2.05) is 7.11 Å². The maximum atomic E-state index is 5.53. The summed E-state index contributed by atoms with van der Waals surface area (Å²) in [7, 11) is 1.81. The summed E-state index contributed by atoms with van der Waals surface area (Å²) in [5.41, 5.74) is 0.419. The summed E-state index contributed by atoms with van der Waals surface area (Å²) >= 11 is 0. The standard InChI is InChI=1S/C12H25NO/c1-6-10-12(4,7-8-13-10)9-11(2,3)14-5/h10,13H,6-9H2,1-5H3. The van der Waals surface area contributed by atoms with Gasteiger partial charge in [-0.25, -0.2) is 0 Å². The second kappa shape index (κ2) is 4.19. The zero-order valence-electron chi connectivity index (χ0n) is 10.3. The highest BCUT2D eigenvalue weighted by molar-refractivity contribution is 4.96. The van der Waals surface area contributed by atoms with Crippen molar-refractivity contribution in [3.63, 3.8) is 0 Å². The van der Waals surface area contributed by atoms with Gasteiger partial charge in [0, 0.05) is 13.2 Å². The molecular formula is C12H25NO. The third-order valence-corrected chi connectivity index (χ3v) is 3.72. The van der Waals surface area contributed by atoms with Crippen LogP contribution in [-0.4, -0.2) is 25.3 Å². The zero-order chi connectivity index (χ0) is 10.8. The van der Waals surface area contributed by atoms with Crippen molar-refractivity contribution in [1.82, 2.24) is 5.32 Å². The minimum atomic E-state index is 0.00813. The molecule has 1 heterocycles. The van der Waals surface area contributed by atoms with Gasteiger partial charge in [-0.05, 0) is 45.1 Å². The second-order valence-corrected chi connectivity index (χ2v) is 5.46. The van der Waals surface area contributed by atoms with Gasteiger partial charge >= 0.3 is 0 Å². The first-order valence-corrected chi connectivity index (χ1v) is 5.72. The molecule has 1 saturated heterocycles. The van der Waals surface area contributed by atoms with Gasteiger partial charge in [-0.15, -0.1) is 0 Å². The second-order valence-electron chi connectivity index (χ2n) is 5.46. The van der Waals surface area contributed by atoms with E-state index in [1.165, 1.54) is 12.8 Å². The van der Waals surface area contributed by atoms with Crippen LogP contribution in [0, 0.1) is 5.41 Å². The van der Waals surface area contributed by atoms with Gasteiger partial charge in [-0.1, -0.05) is 13.8 Å². The number of nitrogens with one attached hydrogen (secondary N) is 1. The van der Waals surface area contributed by atoms with Crippen LogP contribution in [-0.2, 0) is 4.74 Å². The summed E-state index contributed by atoms with van der Waals surface area (Å²) in [5.74, 6) is 0. The van der Waals surface area contributed by atoms with Crippen LogP contribution in [0.25, 0.3) is 0 Å². The van der Waals surface area contributed by atoms with Crippen LogP contribution in [0.4, 0.5) is 0 Å². The van der Waals surface area contributed by atoms with Gasteiger partial charge in [-0.3, -0.25) is 0 Å². The minimum absolute atomic E-state index is 0.00813. The molecule has 0 aromatic rings. The van der Waals surface area contributed by atoms with Gasteiger partial charge in [0.15, 0.2) is 0 Å². The Labute approximate surface area is 88.4 Å². The average molecular weight is 199 g/mol. The van der Waals surface area contributed by atoms with Crippen LogP contribution in [0.5, 0.6) is 0 Å². The Morgan fingerprint density at radius 1 is 1.50 bits per heavy atom. The fraction of sp³-hybridized carbons (Fsp3) is 1.00. The van der Waals surface area contributed by atoms with Crippen molar-refractivity contribution in [2.24, 2.45) is 5.41 Å². The molecule has 2 heteroatoms. The quantitative estimate of drug-likeness (QED) is 0.751. The average Bonchev–Trinajstić information content (AvgIpc) is 2.45. The molecule has 84 valence electrons. The summed E-state index contributed by atoms with van der Waals surface area (Å²) < 4.78 is 5.53. The molecule has 1 N–H and O–H groups in total. The number of ether oxygens (including phenoxy) is 1. The zero-order valence-corrected chi connectivity index (χ0v) is 10.3. The van der Waals surface area contributed by atoms with Crippen molar-refractivity contribution in [2.45, 2.75) is 58.6 Å². The third kappa shape index (κ3) is 2.48. The Morgan fingerprint density at radius 3 is 2.64 bits per heavy atom. The van der Waals surface area contributed by atoms with E-state index in [0.717, 1.165) is 13.0 Å². The number of rotatable bonds is 4. The van der Waals surface area contributed by atoms with Gasteiger partial charge in [0.2, 0.25) is 0 Å². The monoisotopic (exact) mass is 199 g/mol. The summed E-state index contributed by atoms with van der Waals surface area (Å²) in [6.45, 7) is 10.2. The fourth-order valence-electron chi connectivity index (χ4n) is 2.85. The van der Waals surface area contributed by atoms with Crippen LogP contribution >= 0.6 is 0 Å². The molecule has 1 rings (SSSR count). The molecule has 0 aromatic heterocycles. The van der Waals surface area contributed by atoms with Crippen LogP contribution in [0.1, 0.15) is 47.0 Å². The molecule has 1 aliphatic heterocycles. The lowest BCUT2D eigenvalue weighted by atomic mass is 9.73. The van der Waals surface area contributed by atoms with Crippen molar-refractivity contribution in [3.8, 4) is 0 Å². The first-order valence-electron chi connectivity index (χ1n) is 5.72. The number of hydrogen-bond donors (Lipinski definition) is 1. The first kappa shape index (κ1) is 12.0. The molecule has 0 spiro atoms. The highest BCUT2D eigenvalue weighted by Crippen LogP contribution is 2.40. The van der Waals surface area contributed by atoms with Crippen molar-refractivity contribution < 1.29 is 4.74 Å². The van der Waals surface area contributed by atoms with E-state index < -0.39 is 0 Å². The maximum Gasteiger partial charge on any atom is 0.0628 e. The molecule has 0 aliphatic carbocycles. The molecule has 0 radical (unpaired) electrons. The van der Waals surface area contributed by atoms with Gasteiger partial charge in [-0.2, -0.15) is 0 Å². The van der Waals surface area contributed by atoms with Crippen molar-refractivity contribution in [3.05, 3.63) is 0 Å². The molecular weight excluding hydrogens is 174 g/mol. The molecule has 0 saturated carbocycles. The van der Waals surface area contributed by atoms with Crippen molar-refractivity contribution in [2.75, 3.05) is 13.7 Å². The normalized spacial score (nSPS) is 33.6. The van der Waals surface area contributed by atoms with E-state index in [0.29, 0.717) is 11.5 Å². The predicted octanol–water partition coefficient (Wildman–Crippen LogP) is 2.58. The van der Waals surface area contributed by atoms with Crippen molar-refractivity contribution in [1.29, 1.82) is 0 Å². The Bertz CT molecular complexity index is 191. The summed E-state index contributed by atoms with van der Waals surface area (Å²) in [5, 5.41) is 3.59. The maximum absolute atomic E-state index is 5.53. The number of methoxy groups -OCH3 is 1. The van der Waals surface area contributed by atoms with Crippen molar-refractivity contribution >= 4 is 0 Å². The molecule has 2 nitrogen and oxygen atoms in total. The lowest BCUT2D eigenvalue weighted by Crippen LogP contribution is -2.40. The van der Waals surface area contributed by atoms with Gasteiger partial charge in [0.25, 0.3) is 0 Å². The first-order chi connectivity index (χ1) is 6.43. The Hall–Kier alpha value is -0.0800. The summed E-state index contributed by atoms with van der Waals surface area (Å²) in [6, 6.07) is 0.664. The highest BCUT2D eigenvalue weighted by atomic mass is 16.5.